The first-order chi connectivity index (χ1) is 6.22. The van der Waals surface area contributed by atoms with Crippen molar-refractivity contribution in [1.82, 2.24) is 0 Å². The largest absolute Gasteiger partial charge is 0.393 e. The third kappa shape index (κ3) is 4.12. The lowest BCUT2D eigenvalue weighted by Crippen LogP contribution is -2.01. The molecule has 0 amide bonds. The Morgan fingerprint density at radius 1 is 1.31 bits per heavy atom. The van der Waals surface area contributed by atoms with Crippen molar-refractivity contribution in [2.45, 2.75) is 64.9 Å². The van der Waals surface area contributed by atoms with Crippen molar-refractivity contribution in [3.05, 3.63) is 0 Å². The van der Waals surface area contributed by atoms with Crippen LogP contribution in [0.25, 0.3) is 0 Å². The predicted octanol–water partition coefficient (Wildman–Crippen LogP) is 3.36. The predicted molar refractivity (Wildman–Crippen MR) is 56.7 cm³/mol. The van der Waals surface area contributed by atoms with E-state index in [1.165, 1.54) is 38.5 Å². The maximum Gasteiger partial charge on any atom is 0.0512 e. The Hall–Kier alpha value is -0.0400. The van der Waals surface area contributed by atoms with E-state index in [-0.39, 0.29) is 6.10 Å². The van der Waals surface area contributed by atoms with Gasteiger partial charge < -0.3 is 5.11 Å². The Kier molecular flexibility index (Phi) is 4.79. The van der Waals surface area contributed by atoms with Crippen LogP contribution in [0.3, 0.4) is 0 Å². The summed E-state index contributed by atoms with van der Waals surface area (Å²) in [7, 11) is 0. The monoisotopic (exact) mass is 184 g/mol. The molecule has 1 N–H and O–H groups in total. The van der Waals surface area contributed by atoms with Crippen LogP contribution >= 0.6 is 0 Å². The average molecular weight is 184 g/mol. The molecule has 0 aromatic carbocycles. The Morgan fingerprint density at radius 3 is 2.54 bits per heavy atom. The molecular weight excluding hydrogens is 160 g/mol. The lowest BCUT2D eigenvalue weighted by Gasteiger charge is -2.10. The molecule has 0 radical (unpaired) electrons. The number of aliphatic hydroxyl groups excluding tert-OH is 1. The highest BCUT2D eigenvalue weighted by molar-refractivity contribution is 4.74. The zero-order valence-electron chi connectivity index (χ0n) is 9.13. The Balaban J connectivity index is 2.03. The minimum atomic E-state index is -0.0941. The van der Waals surface area contributed by atoms with Gasteiger partial charge in [-0.2, -0.15) is 0 Å². The summed E-state index contributed by atoms with van der Waals surface area (Å²) in [6.07, 6.45) is 9.19. The highest BCUT2D eigenvalue weighted by atomic mass is 16.3. The molecule has 0 bridgehead atoms. The number of hydrogen-bond donors (Lipinski definition) is 1. The Bertz CT molecular complexity index is 131. The van der Waals surface area contributed by atoms with E-state index in [4.69, 9.17) is 5.11 Å². The van der Waals surface area contributed by atoms with E-state index >= 15 is 0 Å². The SMILES string of the molecule is CCC1CCC(CCCC(C)O)C1. The number of hydrogen-bond acceptors (Lipinski definition) is 1. The molecule has 0 aromatic heterocycles. The van der Waals surface area contributed by atoms with Crippen LogP contribution in [0.4, 0.5) is 0 Å². The minimum Gasteiger partial charge on any atom is -0.393 e. The summed E-state index contributed by atoms with van der Waals surface area (Å²) in [5.41, 5.74) is 0. The first kappa shape index (κ1) is 11.0. The van der Waals surface area contributed by atoms with Gasteiger partial charge in [0.05, 0.1) is 6.10 Å². The van der Waals surface area contributed by atoms with Crippen LogP contribution in [0.2, 0.25) is 0 Å². The zero-order chi connectivity index (χ0) is 9.68. The van der Waals surface area contributed by atoms with Crippen molar-refractivity contribution in [2.75, 3.05) is 0 Å². The summed E-state index contributed by atoms with van der Waals surface area (Å²) in [5, 5.41) is 9.12. The van der Waals surface area contributed by atoms with Crippen LogP contribution in [0.15, 0.2) is 0 Å². The fourth-order valence-electron chi connectivity index (χ4n) is 2.51. The van der Waals surface area contributed by atoms with Gasteiger partial charge in [-0.25, -0.2) is 0 Å². The minimum absolute atomic E-state index is 0.0941. The zero-order valence-corrected chi connectivity index (χ0v) is 9.13. The standard InChI is InChI=1S/C12H24O/c1-3-11-7-8-12(9-11)6-4-5-10(2)13/h10-13H,3-9H2,1-2H3. The van der Waals surface area contributed by atoms with Crippen molar-refractivity contribution < 1.29 is 5.11 Å². The maximum absolute atomic E-state index is 9.12. The summed E-state index contributed by atoms with van der Waals surface area (Å²) >= 11 is 0. The Morgan fingerprint density at radius 2 is 2.00 bits per heavy atom. The lowest BCUT2D eigenvalue weighted by atomic mass is 9.97. The van der Waals surface area contributed by atoms with E-state index in [0.29, 0.717) is 0 Å². The fourth-order valence-corrected chi connectivity index (χ4v) is 2.51. The Labute approximate surface area is 82.5 Å². The summed E-state index contributed by atoms with van der Waals surface area (Å²) in [6.45, 7) is 4.20. The molecule has 1 aliphatic carbocycles. The van der Waals surface area contributed by atoms with E-state index in [9.17, 15) is 0 Å². The molecule has 1 heteroatoms. The first-order valence-corrected chi connectivity index (χ1v) is 5.90. The molecular formula is C12H24O. The van der Waals surface area contributed by atoms with Crippen molar-refractivity contribution in [1.29, 1.82) is 0 Å². The second-order valence-electron chi connectivity index (χ2n) is 4.73. The third-order valence-corrected chi connectivity index (χ3v) is 3.46. The van der Waals surface area contributed by atoms with Crippen molar-refractivity contribution in [2.24, 2.45) is 11.8 Å². The van der Waals surface area contributed by atoms with Gasteiger partial charge in [0.25, 0.3) is 0 Å². The van der Waals surface area contributed by atoms with E-state index in [1.807, 2.05) is 6.92 Å². The second-order valence-corrected chi connectivity index (χ2v) is 4.73. The van der Waals surface area contributed by atoms with Crippen LogP contribution in [0, 0.1) is 11.8 Å². The highest BCUT2D eigenvalue weighted by Gasteiger charge is 2.22. The molecule has 0 saturated heterocycles. The molecule has 0 aliphatic heterocycles. The molecule has 1 fully saturated rings. The van der Waals surface area contributed by atoms with Crippen LogP contribution < -0.4 is 0 Å². The van der Waals surface area contributed by atoms with Gasteiger partial charge >= 0.3 is 0 Å². The topological polar surface area (TPSA) is 20.2 Å². The summed E-state index contributed by atoms with van der Waals surface area (Å²) in [6, 6.07) is 0. The molecule has 3 unspecified atom stereocenters. The average Bonchev–Trinajstić information content (AvgIpc) is 2.52. The molecule has 1 saturated carbocycles. The normalized spacial score (nSPS) is 30.7. The third-order valence-electron chi connectivity index (χ3n) is 3.46. The molecule has 13 heavy (non-hydrogen) atoms. The first-order valence-electron chi connectivity index (χ1n) is 5.90. The van der Waals surface area contributed by atoms with Crippen molar-refractivity contribution in [3.8, 4) is 0 Å². The van der Waals surface area contributed by atoms with E-state index in [0.717, 1.165) is 18.3 Å². The summed E-state index contributed by atoms with van der Waals surface area (Å²) in [5.74, 6) is 1.99. The van der Waals surface area contributed by atoms with Crippen LogP contribution in [0.1, 0.15) is 58.8 Å². The molecule has 3 atom stereocenters. The van der Waals surface area contributed by atoms with Crippen LogP contribution in [-0.2, 0) is 0 Å². The van der Waals surface area contributed by atoms with E-state index in [2.05, 4.69) is 6.92 Å². The van der Waals surface area contributed by atoms with Crippen LogP contribution in [-0.4, -0.2) is 11.2 Å². The van der Waals surface area contributed by atoms with Gasteiger partial charge in [0.15, 0.2) is 0 Å². The van der Waals surface area contributed by atoms with Gasteiger partial charge in [-0.3, -0.25) is 0 Å². The van der Waals surface area contributed by atoms with Gasteiger partial charge in [0, 0.05) is 0 Å². The molecule has 1 aliphatic rings. The summed E-state index contributed by atoms with van der Waals surface area (Å²) < 4.78 is 0. The summed E-state index contributed by atoms with van der Waals surface area (Å²) in [4.78, 5) is 0. The van der Waals surface area contributed by atoms with Gasteiger partial charge in [-0.05, 0) is 31.6 Å². The smallest absolute Gasteiger partial charge is 0.0512 e. The van der Waals surface area contributed by atoms with Crippen molar-refractivity contribution in [3.63, 3.8) is 0 Å². The molecule has 1 nitrogen and oxygen atoms in total. The molecule has 0 aromatic rings. The van der Waals surface area contributed by atoms with E-state index in [1.54, 1.807) is 0 Å². The van der Waals surface area contributed by atoms with Crippen LogP contribution in [0.5, 0.6) is 0 Å². The number of rotatable bonds is 5. The van der Waals surface area contributed by atoms with Gasteiger partial charge in [-0.15, -0.1) is 0 Å². The molecule has 0 spiro atoms. The van der Waals surface area contributed by atoms with Gasteiger partial charge in [-0.1, -0.05) is 39.0 Å². The molecule has 1 rings (SSSR count). The van der Waals surface area contributed by atoms with Crippen molar-refractivity contribution >= 4 is 0 Å². The lowest BCUT2D eigenvalue weighted by molar-refractivity contribution is 0.178. The highest BCUT2D eigenvalue weighted by Crippen LogP contribution is 2.35. The van der Waals surface area contributed by atoms with E-state index < -0.39 is 0 Å². The number of aliphatic hydroxyl groups is 1. The second kappa shape index (κ2) is 5.64. The van der Waals surface area contributed by atoms with Gasteiger partial charge in [0.1, 0.15) is 0 Å². The molecule has 0 heterocycles. The maximum atomic E-state index is 9.12. The fraction of sp³-hybridized carbons (Fsp3) is 1.00. The van der Waals surface area contributed by atoms with Gasteiger partial charge in [0.2, 0.25) is 0 Å². The molecule has 78 valence electrons. The quantitative estimate of drug-likeness (QED) is 0.694.